The molecule has 6 nitrogen and oxygen atoms in total. The van der Waals surface area contributed by atoms with Crippen molar-refractivity contribution in [3.05, 3.63) is 101 Å². The molecule has 1 aliphatic heterocycles. The lowest BCUT2D eigenvalue weighted by Gasteiger charge is -2.36. The highest BCUT2D eigenvalue weighted by Gasteiger charge is 2.33. The molecular weight excluding hydrogens is 466 g/mol. The molecule has 0 spiro atoms. The van der Waals surface area contributed by atoms with Crippen molar-refractivity contribution >= 4 is 34.9 Å². The van der Waals surface area contributed by atoms with Gasteiger partial charge in [-0.3, -0.25) is 9.59 Å². The molecule has 0 saturated heterocycles. The number of hydrogen-bond donors (Lipinski definition) is 1. The van der Waals surface area contributed by atoms with Gasteiger partial charge < -0.3 is 10.6 Å². The van der Waals surface area contributed by atoms with E-state index in [1.807, 2.05) is 18.2 Å². The number of nitrogens with two attached hydrogens (primary N) is 1. The predicted octanol–water partition coefficient (Wildman–Crippen LogP) is 4.55. The number of hydrogen-bond acceptors (Lipinski definition) is 4. The molecule has 0 fully saturated rings. The molecule has 0 bridgehead atoms. The monoisotopic (exact) mass is 484 g/mol. The van der Waals surface area contributed by atoms with E-state index in [4.69, 9.17) is 28.9 Å². The molecule has 1 aromatic heterocycles. The molecule has 2 N–H and O–H groups in total. The van der Waals surface area contributed by atoms with Gasteiger partial charge in [0.1, 0.15) is 18.0 Å². The van der Waals surface area contributed by atoms with Crippen molar-refractivity contribution in [2.75, 3.05) is 0 Å². The van der Waals surface area contributed by atoms with Crippen molar-refractivity contribution in [3.8, 4) is 11.3 Å². The normalized spacial score (nSPS) is 16.1. The summed E-state index contributed by atoms with van der Waals surface area (Å²) in [5.74, 6) is -2.19. The highest BCUT2D eigenvalue weighted by Crippen LogP contribution is 2.33. The molecule has 1 amide bonds. The maximum atomic E-state index is 13.3. The van der Waals surface area contributed by atoms with Crippen molar-refractivity contribution in [2.45, 2.75) is 18.6 Å². The minimum Gasteiger partial charge on any atom is -0.363 e. The molecule has 2 heterocycles. The number of carbonyl (C=O) groups is 2. The number of rotatable bonds is 7. The van der Waals surface area contributed by atoms with Crippen LogP contribution >= 0.6 is 23.2 Å². The summed E-state index contributed by atoms with van der Waals surface area (Å²) < 4.78 is 15.0. The van der Waals surface area contributed by atoms with Gasteiger partial charge in [-0.2, -0.15) is 5.10 Å². The van der Waals surface area contributed by atoms with Crippen molar-refractivity contribution in [1.29, 1.82) is 0 Å². The van der Waals surface area contributed by atoms with Crippen molar-refractivity contribution in [1.82, 2.24) is 14.7 Å². The number of carbonyl (C=O) groups excluding carboxylic acids is 2. The average molecular weight is 485 g/mol. The second-order valence-corrected chi connectivity index (χ2v) is 8.23. The van der Waals surface area contributed by atoms with Crippen LogP contribution in [0.15, 0.2) is 79.2 Å². The van der Waals surface area contributed by atoms with E-state index in [9.17, 15) is 14.0 Å². The zero-order valence-electron chi connectivity index (χ0n) is 17.2. The zero-order valence-corrected chi connectivity index (χ0v) is 18.7. The van der Waals surface area contributed by atoms with E-state index < -0.39 is 23.9 Å². The number of aromatic nitrogens is 2. The van der Waals surface area contributed by atoms with Gasteiger partial charge in [-0.25, -0.2) is 9.07 Å². The fraction of sp³-hybridized carbons (Fsp3) is 0.125. The Morgan fingerprint density at radius 1 is 1.09 bits per heavy atom. The van der Waals surface area contributed by atoms with Gasteiger partial charge in [-0.1, -0.05) is 53.5 Å². The summed E-state index contributed by atoms with van der Waals surface area (Å²) in [6, 6.07) is 11.9. The van der Waals surface area contributed by atoms with Gasteiger partial charge in [0.15, 0.2) is 0 Å². The van der Waals surface area contributed by atoms with Gasteiger partial charge in [0, 0.05) is 24.4 Å². The van der Waals surface area contributed by atoms with Crippen LogP contribution in [0.25, 0.3) is 11.3 Å². The Kier molecular flexibility index (Phi) is 6.62. The number of ketones is 1. The topological polar surface area (TPSA) is 81.2 Å². The lowest BCUT2D eigenvalue weighted by molar-refractivity contribution is -0.139. The Bertz CT molecular complexity index is 1250. The molecule has 168 valence electrons. The van der Waals surface area contributed by atoms with E-state index in [0.717, 1.165) is 0 Å². The fourth-order valence-electron chi connectivity index (χ4n) is 3.69. The van der Waals surface area contributed by atoms with Crippen molar-refractivity contribution < 1.29 is 14.0 Å². The average Bonchev–Trinajstić information content (AvgIpc) is 3.30. The third kappa shape index (κ3) is 4.84. The zero-order chi connectivity index (χ0) is 23.5. The van der Waals surface area contributed by atoms with Crippen LogP contribution in [-0.4, -0.2) is 32.4 Å². The van der Waals surface area contributed by atoms with E-state index in [2.05, 4.69) is 5.10 Å². The fourth-order valence-corrected chi connectivity index (χ4v) is 4.08. The van der Waals surface area contributed by atoms with Crippen molar-refractivity contribution in [3.63, 3.8) is 0 Å². The molecule has 1 aliphatic rings. The van der Waals surface area contributed by atoms with Crippen LogP contribution in [0.4, 0.5) is 4.39 Å². The van der Waals surface area contributed by atoms with Gasteiger partial charge >= 0.3 is 0 Å². The molecule has 0 radical (unpaired) electrons. The molecule has 2 unspecified atom stereocenters. The van der Waals surface area contributed by atoms with Crippen LogP contribution in [0.3, 0.4) is 0 Å². The summed E-state index contributed by atoms with van der Waals surface area (Å²) in [5, 5.41) is 5.43. The number of benzene rings is 2. The van der Waals surface area contributed by atoms with E-state index in [1.165, 1.54) is 12.1 Å². The van der Waals surface area contributed by atoms with Gasteiger partial charge in [0.2, 0.25) is 5.78 Å². The summed E-state index contributed by atoms with van der Waals surface area (Å²) in [6.45, 7) is 0. The molecule has 33 heavy (non-hydrogen) atoms. The SMILES string of the molecule is NC(=O)C(=O)C(Cc1ccc(F)cc1)N1C=CC=CC1n1ccc(-c2cccc(Cl)c2Cl)n1. The van der Waals surface area contributed by atoms with E-state index in [1.54, 1.807) is 58.4 Å². The molecule has 2 aromatic carbocycles. The van der Waals surface area contributed by atoms with E-state index in [0.29, 0.717) is 26.9 Å². The third-order valence-electron chi connectivity index (χ3n) is 5.31. The maximum Gasteiger partial charge on any atom is 0.287 e. The number of amides is 1. The second kappa shape index (κ2) is 9.60. The lowest BCUT2D eigenvalue weighted by Crippen LogP contribution is -2.48. The summed E-state index contributed by atoms with van der Waals surface area (Å²) in [6.07, 6.45) is 8.49. The Morgan fingerprint density at radius 2 is 1.85 bits per heavy atom. The summed E-state index contributed by atoms with van der Waals surface area (Å²) >= 11 is 12.5. The van der Waals surface area contributed by atoms with Gasteiger partial charge in [0.25, 0.3) is 5.91 Å². The van der Waals surface area contributed by atoms with Crippen LogP contribution < -0.4 is 5.73 Å². The van der Waals surface area contributed by atoms with Crippen molar-refractivity contribution in [2.24, 2.45) is 5.73 Å². The Morgan fingerprint density at radius 3 is 2.58 bits per heavy atom. The first-order valence-corrected chi connectivity index (χ1v) is 10.8. The summed E-state index contributed by atoms with van der Waals surface area (Å²) in [4.78, 5) is 26.3. The number of halogens is 3. The number of primary amides is 1. The third-order valence-corrected chi connectivity index (χ3v) is 6.13. The van der Waals surface area contributed by atoms with Crippen LogP contribution in [-0.2, 0) is 16.0 Å². The smallest absolute Gasteiger partial charge is 0.287 e. The first-order chi connectivity index (χ1) is 15.8. The van der Waals surface area contributed by atoms with Gasteiger partial charge in [0.05, 0.1) is 15.7 Å². The minimum absolute atomic E-state index is 0.158. The molecule has 4 rings (SSSR count). The number of allylic oxidation sites excluding steroid dienone is 2. The molecule has 9 heteroatoms. The molecule has 2 atom stereocenters. The standard InChI is InChI=1S/C24H19Cl2FN4O2/c25-18-5-3-4-17(22(18)26)19-11-13-31(29-19)21-6-1-2-12-30(21)20(23(32)24(28)33)14-15-7-9-16(27)10-8-15/h1-13,20-21H,14H2,(H2,28,33). The van der Waals surface area contributed by atoms with Crippen LogP contribution in [0, 0.1) is 5.82 Å². The summed E-state index contributed by atoms with van der Waals surface area (Å²) in [7, 11) is 0. The first-order valence-electron chi connectivity index (χ1n) is 10.0. The molecule has 0 saturated carbocycles. The quantitative estimate of drug-likeness (QED) is 0.498. The van der Waals surface area contributed by atoms with Crippen LogP contribution in [0.1, 0.15) is 11.7 Å². The number of Topliss-reactive ketones (excluding diaryl/α,β-unsaturated/α-hetero) is 1. The Balaban J connectivity index is 1.68. The second-order valence-electron chi connectivity index (χ2n) is 7.44. The van der Waals surface area contributed by atoms with E-state index >= 15 is 0 Å². The molecule has 3 aromatic rings. The van der Waals surface area contributed by atoms with E-state index in [-0.39, 0.29) is 12.2 Å². The number of nitrogens with zero attached hydrogens (tertiary/aromatic N) is 3. The Hall–Kier alpha value is -3.42. The minimum atomic E-state index is -1.05. The van der Waals surface area contributed by atoms with Gasteiger partial charge in [-0.15, -0.1) is 0 Å². The van der Waals surface area contributed by atoms with Gasteiger partial charge in [-0.05, 0) is 42.0 Å². The molecular formula is C24H19Cl2FN4O2. The first kappa shape index (κ1) is 22.8. The van der Waals surface area contributed by atoms with Crippen LogP contribution in [0.5, 0.6) is 0 Å². The van der Waals surface area contributed by atoms with Crippen LogP contribution in [0.2, 0.25) is 10.0 Å². The predicted molar refractivity (Wildman–Crippen MR) is 125 cm³/mol. The largest absolute Gasteiger partial charge is 0.363 e. The molecule has 0 aliphatic carbocycles. The lowest BCUT2D eigenvalue weighted by atomic mass is 9.99. The highest BCUT2D eigenvalue weighted by atomic mass is 35.5. The Labute approximate surface area is 199 Å². The maximum absolute atomic E-state index is 13.3. The summed E-state index contributed by atoms with van der Waals surface area (Å²) in [5.41, 5.74) is 7.30. The highest BCUT2D eigenvalue weighted by molar-refractivity contribution is 6.43.